The molecule has 0 bridgehead atoms. The molecule has 0 saturated carbocycles. The third kappa shape index (κ3) is 3.37. The third-order valence-corrected chi connectivity index (χ3v) is 3.18. The van der Waals surface area contributed by atoms with Gasteiger partial charge in [0.2, 0.25) is 0 Å². The zero-order valence-electron chi connectivity index (χ0n) is 11.4. The molecule has 6 heteroatoms. The zero-order chi connectivity index (χ0) is 15.5. The van der Waals surface area contributed by atoms with Crippen molar-refractivity contribution in [2.75, 3.05) is 5.32 Å². The van der Waals surface area contributed by atoms with Gasteiger partial charge in [0.15, 0.2) is 0 Å². The number of nitriles is 1. The summed E-state index contributed by atoms with van der Waals surface area (Å²) in [5, 5.41) is 11.7. The molecule has 2 rings (SSSR count). The van der Waals surface area contributed by atoms with Crippen molar-refractivity contribution in [3.8, 4) is 6.07 Å². The van der Waals surface area contributed by atoms with E-state index in [0.29, 0.717) is 12.2 Å². The first-order valence-electron chi connectivity index (χ1n) is 6.45. The molecule has 0 spiro atoms. The van der Waals surface area contributed by atoms with Crippen LogP contribution in [0.2, 0.25) is 0 Å². The fourth-order valence-corrected chi connectivity index (χ4v) is 2.10. The second kappa shape index (κ2) is 5.92. The molecule has 0 aliphatic heterocycles. The van der Waals surface area contributed by atoms with E-state index in [0.717, 1.165) is 18.3 Å². The largest absolute Gasteiger partial charge is 0.417 e. The van der Waals surface area contributed by atoms with Crippen molar-refractivity contribution in [3.63, 3.8) is 0 Å². The molecule has 1 N–H and O–H groups in total. The van der Waals surface area contributed by atoms with Crippen LogP contribution in [0, 0.1) is 11.3 Å². The summed E-state index contributed by atoms with van der Waals surface area (Å²) in [6.07, 6.45) is -2.62. The number of nitrogens with zero attached hydrogens (tertiary/aromatic N) is 2. The average Bonchev–Trinajstić information content (AvgIpc) is 2.91. The Kier molecular flexibility index (Phi) is 4.22. The minimum atomic E-state index is -4.54. The summed E-state index contributed by atoms with van der Waals surface area (Å²) in [6, 6.07) is 9.00. The van der Waals surface area contributed by atoms with Gasteiger partial charge in [-0.15, -0.1) is 0 Å². The Morgan fingerprint density at radius 2 is 2.05 bits per heavy atom. The van der Waals surface area contributed by atoms with Gasteiger partial charge in [0, 0.05) is 24.1 Å². The van der Waals surface area contributed by atoms with Gasteiger partial charge in [0.1, 0.15) is 0 Å². The second-order valence-electron chi connectivity index (χ2n) is 4.51. The lowest BCUT2D eigenvalue weighted by atomic mass is 10.1. The predicted molar refractivity (Wildman–Crippen MR) is 73.6 cm³/mol. The lowest BCUT2D eigenvalue weighted by Gasteiger charge is -2.13. The van der Waals surface area contributed by atoms with E-state index in [4.69, 9.17) is 5.26 Å². The molecule has 110 valence electrons. The van der Waals surface area contributed by atoms with Crippen molar-refractivity contribution < 1.29 is 13.2 Å². The molecule has 0 amide bonds. The lowest BCUT2D eigenvalue weighted by Crippen LogP contribution is -2.10. The van der Waals surface area contributed by atoms with E-state index >= 15 is 0 Å². The Labute approximate surface area is 120 Å². The molecule has 0 aliphatic rings. The van der Waals surface area contributed by atoms with Crippen LogP contribution in [0.3, 0.4) is 0 Å². The number of anilines is 1. The maximum Gasteiger partial charge on any atom is 0.417 e. The molecule has 0 saturated heterocycles. The normalized spacial score (nSPS) is 11.2. The second-order valence-corrected chi connectivity index (χ2v) is 4.51. The summed E-state index contributed by atoms with van der Waals surface area (Å²) >= 11 is 0. The van der Waals surface area contributed by atoms with Crippen LogP contribution in [-0.4, -0.2) is 4.57 Å². The third-order valence-electron chi connectivity index (χ3n) is 3.18. The van der Waals surface area contributed by atoms with Gasteiger partial charge in [-0.1, -0.05) is 0 Å². The molecule has 0 aliphatic carbocycles. The van der Waals surface area contributed by atoms with E-state index in [-0.39, 0.29) is 5.56 Å². The Hall–Kier alpha value is -2.42. The van der Waals surface area contributed by atoms with Gasteiger partial charge in [-0.2, -0.15) is 18.4 Å². The maximum absolute atomic E-state index is 12.9. The Balaban J connectivity index is 2.20. The Bertz CT molecular complexity index is 666. The van der Waals surface area contributed by atoms with E-state index in [1.54, 1.807) is 6.07 Å². The summed E-state index contributed by atoms with van der Waals surface area (Å²) in [7, 11) is 0. The van der Waals surface area contributed by atoms with Crippen LogP contribution in [0.5, 0.6) is 0 Å². The first-order chi connectivity index (χ1) is 9.95. The number of alkyl halides is 3. The molecule has 1 aromatic heterocycles. The molecular formula is C15H14F3N3. The highest BCUT2D eigenvalue weighted by molar-refractivity contribution is 5.53. The minimum Gasteiger partial charge on any atom is -0.379 e. The monoisotopic (exact) mass is 293 g/mol. The van der Waals surface area contributed by atoms with Crippen molar-refractivity contribution in [1.29, 1.82) is 5.26 Å². The SMILES string of the molecule is CCn1cccc1CNc1ccc(C#N)c(C(F)(F)F)c1. The van der Waals surface area contributed by atoms with Gasteiger partial charge in [0.25, 0.3) is 0 Å². The minimum absolute atomic E-state index is 0.338. The van der Waals surface area contributed by atoms with Gasteiger partial charge in [-0.05, 0) is 37.3 Å². The van der Waals surface area contributed by atoms with Crippen LogP contribution < -0.4 is 5.32 Å². The quantitative estimate of drug-likeness (QED) is 0.925. The molecule has 3 nitrogen and oxygen atoms in total. The summed E-state index contributed by atoms with van der Waals surface area (Å²) < 4.78 is 40.6. The predicted octanol–water partition coefficient (Wildman–Crippen LogP) is 4.01. The summed E-state index contributed by atoms with van der Waals surface area (Å²) in [5.41, 5.74) is 0.0338. The first kappa shape index (κ1) is 15.0. The summed E-state index contributed by atoms with van der Waals surface area (Å²) in [4.78, 5) is 0. The van der Waals surface area contributed by atoms with Crippen molar-refractivity contribution in [1.82, 2.24) is 4.57 Å². The van der Waals surface area contributed by atoms with E-state index < -0.39 is 11.7 Å². The molecule has 21 heavy (non-hydrogen) atoms. The molecule has 0 radical (unpaired) electrons. The standard InChI is InChI=1S/C15H14F3N3/c1-2-21-7-3-4-13(21)10-20-12-6-5-11(9-19)14(8-12)15(16,17)18/h3-8,20H,2,10H2,1H3. The number of benzene rings is 1. The average molecular weight is 293 g/mol. The Morgan fingerprint density at radius 3 is 2.67 bits per heavy atom. The topological polar surface area (TPSA) is 40.8 Å². The number of nitrogens with one attached hydrogen (secondary N) is 1. The summed E-state index contributed by atoms with van der Waals surface area (Å²) in [6.45, 7) is 3.21. The lowest BCUT2D eigenvalue weighted by molar-refractivity contribution is -0.137. The van der Waals surface area contributed by atoms with Crippen molar-refractivity contribution in [3.05, 3.63) is 53.3 Å². The fourth-order valence-electron chi connectivity index (χ4n) is 2.10. The molecule has 0 unspecified atom stereocenters. The highest BCUT2D eigenvalue weighted by Gasteiger charge is 2.33. The van der Waals surface area contributed by atoms with Crippen LogP contribution >= 0.6 is 0 Å². The van der Waals surface area contributed by atoms with E-state index in [1.807, 2.05) is 29.8 Å². The molecule has 2 aromatic rings. The number of hydrogen-bond acceptors (Lipinski definition) is 2. The van der Waals surface area contributed by atoms with Gasteiger partial charge in [0.05, 0.1) is 23.7 Å². The highest BCUT2D eigenvalue weighted by atomic mass is 19.4. The number of aromatic nitrogens is 1. The van der Waals surface area contributed by atoms with Gasteiger partial charge >= 0.3 is 6.18 Å². The number of hydrogen-bond donors (Lipinski definition) is 1. The number of halogens is 3. The van der Waals surface area contributed by atoms with Gasteiger partial charge < -0.3 is 9.88 Å². The van der Waals surface area contributed by atoms with Crippen molar-refractivity contribution >= 4 is 5.69 Å². The van der Waals surface area contributed by atoms with Crippen LogP contribution in [0.4, 0.5) is 18.9 Å². The van der Waals surface area contributed by atoms with E-state index in [9.17, 15) is 13.2 Å². The Morgan fingerprint density at radius 1 is 1.29 bits per heavy atom. The smallest absolute Gasteiger partial charge is 0.379 e. The van der Waals surface area contributed by atoms with Crippen LogP contribution in [0.15, 0.2) is 36.5 Å². The van der Waals surface area contributed by atoms with Crippen LogP contribution in [0.1, 0.15) is 23.7 Å². The van der Waals surface area contributed by atoms with E-state index in [1.165, 1.54) is 12.1 Å². The molecule has 0 atom stereocenters. The summed E-state index contributed by atoms with van der Waals surface area (Å²) in [5.74, 6) is 0. The van der Waals surface area contributed by atoms with Gasteiger partial charge in [-0.25, -0.2) is 0 Å². The van der Waals surface area contributed by atoms with Crippen molar-refractivity contribution in [2.24, 2.45) is 0 Å². The molecule has 0 fully saturated rings. The number of rotatable bonds is 4. The van der Waals surface area contributed by atoms with Gasteiger partial charge in [-0.3, -0.25) is 0 Å². The zero-order valence-corrected chi connectivity index (χ0v) is 11.4. The fraction of sp³-hybridized carbons (Fsp3) is 0.267. The molecular weight excluding hydrogens is 279 g/mol. The molecule has 1 heterocycles. The molecule has 1 aromatic carbocycles. The van der Waals surface area contributed by atoms with Crippen molar-refractivity contribution in [2.45, 2.75) is 26.2 Å². The van der Waals surface area contributed by atoms with Crippen LogP contribution in [-0.2, 0) is 19.3 Å². The first-order valence-corrected chi connectivity index (χ1v) is 6.45. The number of aryl methyl sites for hydroxylation is 1. The van der Waals surface area contributed by atoms with Crippen LogP contribution in [0.25, 0.3) is 0 Å². The van der Waals surface area contributed by atoms with E-state index in [2.05, 4.69) is 5.32 Å². The maximum atomic E-state index is 12.9. The highest BCUT2D eigenvalue weighted by Crippen LogP contribution is 2.33.